The van der Waals surface area contributed by atoms with Gasteiger partial charge in [-0.15, -0.1) is 5.10 Å². The number of ether oxygens (including phenoxy) is 1. The van der Waals surface area contributed by atoms with Crippen molar-refractivity contribution in [2.45, 2.75) is 0 Å². The highest BCUT2D eigenvalue weighted by molar-refractivity contribution is 5.31. The van der Waals surface area contributed by atoms with E-state index in [2.05, 4.69) is 15.1 Å². The SMILES string of the molecule is Cn1cnc(Oc2ccnc(C#N)c2)n1. The van der Waals surface area contributed by atoms with E-state index in [1.54, 1.807) is 13.1 Å². The van der Waals surface area contributed by atoms with Gasteiger partial charge < -0.3 is 4.74 Å². The van der Waals surface area contributed by atoms with Crippen molar-refractivity contribution < 1.29 is 4.74 Å². The minimum Gasteiger partial charge on any atom is -0.423 e. The molecule has 0 saturated heterocycles. The average Bonchev–Trinajstić information content (AvgIpc) is 2.64. The normalized spacial score (nSPS) is 9.60. The Hall–Kier alpha value is -2.42. The molecule has 6 heteroatoms. The lowest BCUT2D eigenvalue weighted by Gasteiger charge is -1.99. The second-order valence-electron chi connectivity index (χ2n) is 2.79. The summed E-state index contributed by atoms with van der Waals surface area (Å²) in [6, 6.07) is 5.32. The summed E-state index contributed by atoms with van der Waals surface area (Å²) in [5, 5.41) is 12.6. The first-order chi connectivity index (χ1) is 7.28. The molecule has 0 aliphatic rings. The summed E-state index contributed by atoms with van der Waals surface area (Å²) < 4.78 is 6.84. The van der Waals surface area contributed by atoms with Crippen LogP contribution in [-0.4, -0.2) is 19.7 Å². The molecule has 0 radical (unpaired) electrons. The summed E-state index contributed by atoms with van der Waals surface area (Å²) in [6.45, 7) is 0. The second kappa shape index (κ2) is 3.75. The van der Waals surface area contributed by atoms with Gasteiger partial charge in [-0.3, -0.25) is 4.68 Å². The van der Waals surface area contributed by atoms with E-state index in [9.17, 15) is 0 Å². The van der Waals surface area contributed by atoms with E-state index in [0.29, 0.717) is 11.4 Å². The standard InChI is InChI=1S/C9H7N5O/c1-14-6-12-9(13-14)15-8-2-3-11-7(4-8)5-10/h2-4,6H,1H3. The van der Waals surface area contributed by atoms with Gasteiger partial charge in [0.05, 0.1) is 0 Å². The highest BCUT2D eigenvalue weighted by Gasteiger charge is 2.02. The number of hydrogen-bond acceptors (Lipinski definition) is 5. The van der Waals surface area contributed by atoms with Gasteiger partial charge in [0.2, 0.25) is 0 Å². The number of aromatic nitrogens is 4. The molecular weight excluding hydrogens is 194 g/mol. The largest absolute Gasteiger partial charge is 0.423 e. The van der Waals surface area contributed by atoms with E-state index in [1.165, 1.54) is 23.3 Å². The van der Waals surface area contributed by atoms with Gasteiger partial charge in [-0.1, -0.05) is 0 Å². The van der Waals surface area contributed by atoms with Crippen molar-refractivity contribution in [1.29, 1.82) is 5.26 Å². The maximum atomic E-state index is 8.63. The number of rotatable bonds is 2. The van der Waals surface area contributed by atoms with Crippen LogP contribution in [0.4, 0.5) is 0 Å². The molecule has 0 bridgehead atoms. The van der Waals surface area contributed by atoms with Crippen LogP contribution in [0, 0.1) is 11.3 Å². The molecule has 0 aliphatic carbocycles. The van der Waals surface area contributed by atoms with Crippen LogP contribution in [0.2, 0.25) is 0 Å². The first-order valence-corrected chi connectivity index (χ1v) is 4.17. The van der Waals surface area contributed by atoms with Crippen molar-refractivity contribution in [3.05, 3.63) is 30.4 Å². The van der Waals surface area contributed by atoms with Crippen molar-refractivity contribution in [1.82, 2.24) is 19.7 Å². The number of hydrogen-bond donors (Lipinski definition) is 0. The molecule has 0 amide bonds. The van der Waals surface area contributed by atoms with Gasteiger partial charge in [0.25, 0.3) is 0 Å². The second-order valence-corrected chi connectivity index (χ2v) is 2.79. The van der Waals surface area contributed by atoms with Gasteiger partial charge in [0.15, 0.2) is 0 Å². The molecule has 0 aromatic carbocycles. The zero-order chi connectivity index (χ0) is 10.7. The zero-order valence-electron chi connectivity index (χ0n) is 7.95. The summed E-state index contributed by atoms with van der Waals surface area (Å²) in [5.41, 5.74) is 0.295. The van der Waals surface area contributed by atoms with E-state index in [1.807, 2.05) is 6.07 Å². The van der Waals surface area contributed by atoms with Crippen molar-refractivity contribution in [3.63, 3.8) is 0 Å². The maximum absolute atomic E-state index is 8.63. The highest BCUT2D eigenvalue weighted by Crippen LogP contribution is 2.16. The van der Waals surface area contributed by atoms with Gasteiger partial charge in [-0.05, 0) is 6.07 Å². The van der Waals surface area contributed by atoms with Crippen LogP contribution in [0.5, 0.6) is 11.8 Å². The Kier molecular flexibility index (Phi) is 2.29. The molecule has 2 aromatic heterocycles. The van der Waals surface area contributed by atoms with Gasteiger partial charge in [-0.25, -0.2) is 4.98 Å². The molecule has 0 unspecified atom stereocenters. The molecule has 6 nitrogen and oxygen atoms in total. The van der Waals surface area contributed by atoms with Crippen molar-refractivity contribution in [2.75, 3.05) is 0 Å². The third-order valence-electron chi connectivity index (χ3n) is 1.63. The van der Waals surface area contributed by atoms with E-state index in [4.69, 9.17) is 10.00 Å². The van der Waals surface area contributed by atoms with Gasteiger partial charge in [0.1, 0.15) is 23.8 Å². The third-order valence-corrected chi connectivity index (χ3v) is 1.63. The molecule has 74 valence electrons. The molecule has 0 N–H and O–H groups in total. The summed E-state index contributed by atoms with van der Waals surface area (Å²) in [7, 11) is 1.74. The van der Waals surface area contributed by atoms with Crippen LogP contribution < -0.4 is 4.74 Å². The summed E-state index contributed by atoms with van der Waals surface area (Å²) >= 11 is 0. The van der Waals surface area contributed by atoms with Crippen molar-refractivity contribution in [3.8, 4) is 17.8 Å². The first-order valence-electron chi connectivity index (χ1n) is 4.17. The topological polar surface area (TPSA) is 76.6 Å². The quantitative estimate of drug-likeness (QED) is 0.720. The maximum Gasteiger partial charge on any atom is 0.340 e. The van der Waals surface area contributed by atoms with Gasteiger partial charge in [0, 0.05) is 19.3 Å². The van der Waals surface area contributed by atoms with E-state index in [-0.39, 0.29) is 6.01 Å². The highest BCUT2D eigenvalue weighted by atomic mass is 16.5. The number of nitrogens with zero attached hydrogens (tertiary/aromatic N) is 5. The predicted molar refractivity (Wildman–Crippen MR) is 50.0 cm³/mol. The molecule has 0 atom stereocenters. The monoisotopic (exact) mass is 201 g/mol. The lowest BCUT2D eigenvalue weighted by molar-refractivity contribution is 0.438. The number of pyridine rings is 1. The van der Waals surface area contributed by atoms with E-state index >= 15 is 0 Å². The molecule has 2 rings (SSSR count). The van der Waals surface area contributed by atoms with Crippen LogP contribution in [0.3, 0.4) is 0 Å². The molecule has 0 spiro atoms. The molecule has 0 saturated carbocycles. The Balaban J connectivity index is 2.21. The van der Waals surface area contributed by atoms with Crippen LogP contribution in [0.1, 0.15) is 5.69 Å². The third kappa shape index (κ3) is 2.08. The van der Waals surface area contributed by atoms with Crippen molar-refractivity contribution >= 4 is 0 Å². The Labute approximate surface area is 85.8 Å². The zero-order valence-corrected chi connectivity index (χ0v) is 7.95. The van der Waals surface area contributed by atoms with Crippen LogP contribution >= 0.6 is 0 Å². The fourth-order valence-corrected chi connectivity index (χ4v) is 1.01. The fraction of sp³-hybridized carbons (Fsp3) is 0.111. The summed E-state index contributed by atoms with van der Waals surface area (Å²) in [6.07, 6.45) is 3.03. The van der Waals surface area contributed by atoms with E-state index in [0.717, 1.165) is 0 Å². The first kappa shape index (κ1) is 9.15. The fourth-order valence-electron chi connectivity index (χ4n) is 1.01. The molecule has 2 heterocycles. The molecule has 15 heavy (non-hydrogen) atoms. The smallest absolute Gasteiger partial charge is 0.340 e. The van der Waals surface area contributed by atoms with E-state index < -0.39 is 0 Å². The van der Waals surface area contributed by atoms with Crippen LogP contribution in [0.25, 0.3) is 0 Å². The van der Waals surface area contributed by atoms with Gasteiger partial charge >= 0.3 is 6.01 Å². The van der Waals surface area contributed by atoms with Crippen LogP contribution in [0.15, 0.2) is 24.7 Å². The molecule has 2 aromatic rings. The Bertz CT molecular complexity index is 513. The van der Waals surface area contributed by atoms with Crippen molar-refractivity contribution in [2.24, 2.45) is 7.05 Å². The summed E-state index contributed by atoms with van der Waals surface area (Å²) in [5.74, 6) is 0.493. The van der Waals surface area contributed by atoms with Gasteiger partial charge in [-0.2, -0.15) is 10.2 Å². The lowest BCUT2D eigenvalue weighted by Crippen LogP contribution is -1.91. The minimum absolute atomic E-state index is 0.243. The Morgan fingerprint density at radius 2 is 2.33 bits per heavy atom. The predicted octanol–water partition coefficient (Wildman–Crippen LogP) is 0.874. The molecule has 0 aliphatic heterocycles. The Morgan fingerprint density at radius 1 is 1.47 bits per heavy atom. The average molecular weight is 201 g/mol. The number of aryl methyl sites for hydroxylation is 1. The number of nitriles is 1. The molecule has 0 fully saturated rings. The Morgan fingerprint density at radius 3 is 3.00 bits per heavy atom. The summed E-state index contributed by atoms with van der Waals surface area (Å²) in [4.78, 5) is 7.71. The molecular formula is C9H7N5O. The lowest BCUT2D eigenvalue weighted by atomic mass is 10.3. The van der Waals surface area contributed by atoms with Crippen LogP contribution in [-0.2, 0) is 7.05 Å². The minimum atomic E-state index is 0.243.